The van der Waals surface area contributed by atoms with Crippen molar-refractivity contribution in [1.82, 2.24) is 9.78 Å². The van der Waals surface area contributed by atoms with Crippen molar-refractivity contribution in [3.8, 4) is 5.69 Å². The minimum Gasteiger partial charge on any atom is -0.389 e. The monoisotopic (exact) mass is 308 g/mol. The third-order valence-corrected chi connectivity index (χ3v) is 3.97. The summed E-state index contributed by atoms with van der Waals surface area (Å²) in [5.74, 6) is 0. The normalized spacial score (nSPS) is 12.8. The maximum absolute atomic E-state index is 9.57. The molecule has 0 aliphatic heterocycles. The molecular formula is C14H17BrN2O. The summed E-state index contributed by atoms with van der Waals surface area (Å²) in [5, 5.41) is 14.1. The zero-order valence-electron chi connectivity index (χ0n) is 11.0. The zero-order chi connectivity index (χ0) is 13.4. The fourth-order valence-corrected chi connectivity index (χ4v) is 2.47. The highest BCUT2D eigenvalue weighted by molar-refractivity contribution is 9.10. The first-order chi connectivity index (χ1) is 8.41. The van der Waals surface area contributed by atoms with Crippen molar-refractivity contribution in [2.75, 3.05) is 0 Å². The smallest absolute Gasteiger partial charge is 0.0791 e. The van der Waals surface area contributed by atoms with E-state index in [1.807, 2.05) is 29.8 Å². The van der Waals surface area contributed by atoms with Gasteiger partial charge in [-0.3, -0.25) is 0 Å². The minimum atomic E-state index is -0.461. The lowest BCUT2D eigenvalue weighted by Crippen LogP contribution is -2.01. The molecule has 0 amide bonds. The van der Waals surface area contributed by atoms with E-state index in [0.29, 0.717) is 0 Å². The Hall–Kier alpha value is -1.13. The molecule has 4 heteroatoms. The van der Waals surface area contributed by atoms with Crippen molar-refractivity contribution in [1.29, 1.82) is 0 Å². The third kappa shape index (κ3) is 2.22. The van der Waals surface area contributed by atoms with Crippen LogP contribution in [0.5, 0.6) is 0 Å². The molecule has 2 rings (SSSR count). The second kappa shape index (κ2) is 4.86. The van der Waals surface area contributed by atoms with Crippen molar-refractivity contribution in [2.45, 2.75) is 33.8 Å². The van der Waals surface area contributed by atoms with Crippen LogP contribution < -0.4 is 0 Å². The minimum absolute atomic E-state index is 0.461. The molecule has 1 aromatic heterocycles. The summed E-state index contributed by atoms with van der Waals surface area (Å²) in [6, 6.07) is 5.84. The van der Waals surface area contributed by atoms with E-state index >= 15 is 0 Å². The largest absolute Gasteiger partial charge is 0.389 e. The maximum Gasteiger partial charge on any atom is 0.0791 e. The second-order valence-corrected chi connectivity index (χ2v) is 5.45. The number of rotatable bonds is 2. The Morgan fingerprint density at radius 1 is 1.28 bits per heavy atom. The molecule has 1 aromatic carbocycles. The fourth-order valence-electron chi connectivity index (χ4n) is 1.91. The van der Waals surface area contributed by atoms with Gasteiger partial charge < -0.3 is 5.11 Å². The molecule has 0 saturated carbocycles. The molecule has 0 aliphatic rings. The highest BCUT2D eigenvalue weighted by Gasteiger charge is 2.12. The van der Waals surface area contributed by atoms with Crippen LogP contribution in [0.25, 0.3) is 5.69 Å². The molecule has 0 saturated heterocycles. The van der Waals surface area contributed by atoms with Gasteiger partial charge in [0, 0.05) is 10.2 Å². The predicted octanol–water partition coefficient (Wildman–Crippen LogP) is 3.61. The van der Waals surface area contributed by atoms with Crippen LogP contribution in [0, 0.1) is 20.8 Å². The van der Waals surface area contributed by atoms with Gasteiger partial charge in [-0.15, -0.1) is 0 Å². The quantitative estimate of drug-likeness (QED) is 0.920. The molecule has 0 radical (unpaired) electrons. The number of benzene rings is 1. The number of hydrogen-bond acceptors (Lipinski definition) is 2. The van der Waals surface area contributed by atoms with Gasteiger partial charge in [-0.05, 0) is 66.9 Å². The van der Waals surface area contributed by atoms with Gasteiger partial charge in [-0.1, -0.05) is 6.07 Å². The molecule has 1 atom stereocenters. The summed E-state index contributed by atoms with van der Waals surface area (Å²) in [6.07, 6.45) is -0.461. The van der Waals surface area contributed by atoms with Crippen molar-refractivity contribution in [3.63, 3.8) is 0 Å². The van der Waals surface area contributed by atoms with Crippen LogP contribution in [0.4, 0.5) is 0 Å². The summed E-state index contributed by atoms with van der Waals surface area (Å²) >= 11 is 3.55. The SMILES string of the molecule is Cc1nn(-c2ccc([C@H](C)O)cc2Br)c(C)c1C. The first-order valence-corrected chi connectivity index (χ1v) is 6.72. The lowest BCUT2D eigenvalue weighted by atomic mass is 10.1. The summed E-state index contributed by atoms with van der Waals surface area (Å²) in [7, 11) is 0. The van der Waals surface area contributed by atoms with E-state index < -0.39 is 6.10 Å². The van der Waals surface area contributed by atoms with E-state index in [2.05, 4.69) is 34.9 Å². The first kappa shape index (κ1) is 13.3. The van der Waals surface area contributed by atoms with Gasteiger partial charge in [0.2, 0.25) is 0 Å². The van der Waals surface area contributed by atoms with E-state index in [1.165, 1.54) is 5.56 Å². The molecule has 0 unspecified atom stereocenters. The second-order valence-electron chi connectivity index (χ2n) is 4.59. The van der Waals surface area contributed by atoms with Gasteiger partial charge in [-0.25, -0.2) is 4.68 Å². The molecule has 96 valence electrons. The third-order valence-electron chi connectivity index (χ3n) is 3.34. The molecule has 0 fully saturated rings. The van der Waals surface area contributed by atoms with Crippen LogP contribution >= 0.6 is 15.9 Å². The average molecular weight is 309 g/mol. The number of aromatic nitrogens is 2. The van der Waals surface area contributed by atoms with Crippen molar-refractivity contribution in [3.05, 3.63) is 45.2 Å². The van der Waals surface area contributed by atoms with E-state index in [4.69, 9.17) is 0 Å². The first-order valence-electron chi connectivity index (χ1n) is 5.92. The van der Waals surface area contributed by atoms with Crippen LogP contribution in [0.3, 0.4) is 0 Å². The number of halogens is 1. The van der Waals surface area contributed by atoms with Crippen molar-refractivity contribution >= 4 is 15.9 Å². The molecule has 0 bridgehead atoms. The lowest BCUT2D eigenvalue weighted by Gasteiger charge is -2.11. The van der Waals surface area contributed by atoms with Gasteiger partial charge in [0.25, 0.3) is 0 Å². The average Bonchev–Trinajstić information content (AvgIpc) is 2.57. The number of aliphatic hydroxyl groups excluding tert-OH is 1. The lowest BCUT2D eigenvalue weighted by molar-refractivity contribution is 0.199. The van der Waals surface area contributed by atoms with Gasteiger partial charge in [0.05, 0.1) is 17.5 Å². The van der Waals surface area contributed by atoms with E-state index in [-0.39, 0.29) is 0 Å². The van der Waals surface area contributed by atoms with Gasteiger partial charge in [0.15, 0.2) is 0 Å². The number of hydrogen-bond donors (Lipinski definition) is 1. The Morgan fingerprint density at radius 2 is 1.94 bits per heavy atom. The molecule has 1 heterocycles. The van der Waals surface area contributed by atoms with Crippen LogP contribution in [0.15, 0.2) is 22.7 Å². The molecular weight excluding hydrogens is 292 g/mol. The summed E-state index contributed by atoms with van der Waals surface area (Å²) in [5.41, 5.74) is 5.27. The molecule has 3 nitrogen and oxygen atoms in total. The Labute approximate surface area is 116 Å². The van der Waals surface area contributed by atoms with E-state index in [9.17, 15) is 5.11 Å². The summed E-state index contributed by atoms with van der Waals surface area (Å²) in [6.45, 7) is 7.91. The van der Waals surface area contributed by atoms with Crippen LogP contribution in [-0.2, 0) is 0 Å². The van der Waals surface area contributed by atoms with E-state index in [0.717, 1.165) is 27.1 Å². The highest BCUT2D eigenvalue weighted by Crippen LogP contribution is 2.27. The van der Waals surface area contributed by atoms with Gasteiger partial charge >= 0.3 is 0 Å². The molecule has 0 spiro atoms. The number of nitrogens with zero attached hydrogens (tertiary/aromatic N) is 2. The van der Waals surface area contributed by atoms with Crippen LogP contribution in [-0.4, -0.2) is 14.9 Å². The zero-order valence-corrected chi connectivity index (χ0v) is 12.6. The van der Waals surface area contributed by atoms with Crippen molar-refractivity contribution in [2.24, 2.45) is 0 Å². The topological polar surface area (TPSA) is 38.0 Å². The maximum atomic E-state index is 9.57. The van der Waals surface area contributed by atoms with Crippen LogP contribution in [0.1, 0.15) is 35.5 Å². The molecule has 0 aliphatic carbocycles. The Bertz CT molecular complexity index is 588. The molecule has 2 aromatic rings. The summed E-state index contributed by atoms with van der Waals surface area (Å²) in [4.78, 5) is 0. The van der Waals surface area contributed by atoms with Gasteiger partial charge in [0.1, 0.15) is 0 Å². The van der Waals surface area contributed by atoms with E-state index in [1.54, 1.807) is 6.92 Å². The van der Waals surface area contributed by atoms with Crippen LogP contribution in [0.2, 0.25) is 0 Å². The number of aryl methyl sites for hydroxylation is 1. The Morgan fingerprint density at radius 3 is 2.39 bits per heavy atom. The van der Waals surface area contributed by atoms with Crippen molar-refractivity contribution < 1.29 is 5.11 Å². The Kier molecular flexibility index (Phi) is 3.59. The number of aliphatic hydroxyl groups is 1. The molecule has 1 N–H and O–H groups in total. The predicted molar refractivity (Wildman–Crippen MR) is 76.1 cm³/mol. The summed E-state index contributed by atoms with van der Waals surface area (Å²) < 4.78 is 2.87. The Balaban J connectivity index is 2.54. The van der Waals surface area contributed by atoms with Gasteiger partial charge in [-0.2, -0.15) is 5.10 Å². The standard InChI is InChI=1S/C14H17BrN2O/c1-8-9(2)16-17(10(8)3)14-6-5-12(11(4)18)7-13(14)15/h5-7,11,18H,1-4H3/t11-/m0/s1. The molecule has 18 heavy (non-hydrogen) atoms. The highest BCUT2D eigenvalue weighted by atomic mass is 79.9. The fraction of sp³-hybridized carbons (Fsp3) is 0.357.